The summed E-state index contributed by atoms with van der Waals surface area (Å²) in [5.74, 6) is 0. The van der Waals surface area contributed by atoms with E-state index in [1.165, 1.54) is 6.92 Å². The smallest absolute Gasteiger partial charge is 0.250 e. The predicted molar refractivity (Wildman–Crippen MR) is 40.9 cm³/mol. The Bertz CT molecular complexity index is 156. The standard InChI is InChI=1S/C7H12F2N2O/c1-5(12)6(3-10-2)11-4-7(8)9/h5-7,11-12H,3-4H2,1H3. The Kier molecular flexibility index (Phi) is 5.51. The third kappa shape index (κ3) is 4.99. The zero-order valence-electron chi connectivity index (χ0n) is 6.80. The molecule has 0 saturated heterocycles. The molecule has 0 aromatic carbocycles. The Labute approximate surface area is 70.2 Å². The lowest BCUT2D eigenvalue weighted by Crippen LogP contribution is -2.42. The Morgan fingerprint density at radius 2 is 2.17 bits per heavy atom. The molecule has 2 unspecified atom stereocenters. The first-order valence-electron chi connectivity index (χ1n) is 3.60. The lowest BCUT2D eigenvalue weighted by molar-refractivity contribution is 0.113. The summed E-state index contributed by atoms with van der Waals surface area (Å²) in [4.78, 5) is 3.02. The van der Waals surface area contributed by atoms with Crippen LogP contribution < -0.4 is 5.32 Å². The van der Waals surface area contributed by atoms with E-state index in [0.29, 0.717) is 0 Å². The van der Waals surface area contributed by atoms with Crippen molar-refractivity contribution in [3.8, 4) is 0 Å². The van der Waals surface area contributed by atoms with Gasteiger partial charge in [0.15, 0.2) is 0 Å². The van der Waals surface area contributed by atoms with Gasteiger partial charge in [-0.3, -0.25) is 5.32 Å². The first-order valence-corrected chi connectivity index (χ1v) is 3.60. The van der Waals surface area contributed by atoms with Crippen molar-refractivity contribution >= 4 is 0 Å². The van der Waals surface area contributed by atoms with Crippen LogP contribution in [-0.2, 0) is 0 Å². The van der Waals surface area contributed by atoms with Crippen LogP contribution in [0.4, 0.5) is 8.78 Å². The fourth-order valence-corrected chi connectivity index (χ4v) is 0.726. The molecule has 0 heterocycles. The third-order valence-corrected chi connectivity index (χ3v) is 1.40. The van der Waals surface area contributed by atoms with E-state index in [1.54, 1.807) is 0 Å². The quantitative estimate of drug-likeness (QED) is 0.602. The summed E-state index contributed by atoms with van der Waals surface area (Å²) in [7, 11) is 0. The monoisotopic (exact) mass is 178 g/mol. The van der Waals surface area contributed by atoms with Gasteiger partial charge in [-0.2, -0.15) is 0 Å². The van der Waals surface area contributed by atoms with Gasteiger partial charge in [0, 0.05) is 0 Å². The largest absolute Gasteiger partial charge is 0.391 e. The van der Waals surface area contributed by atoms with Crippen molar-refractivity contribution in [3.63, 3.8) is 0 Å². The fourth-order valence-electron chi connectivity index (χ4n) is 0.726. The highest BCUT2D eigenvalue weighted by molar-refractivity contribution is 4.80. The van der Waals surface area contributed by atoms with E-state index in [4.69, 9.17) is 11.7 Å². The van der Waals surface area contributed by atoms with Gasteiger partial charge in [-0.05, 0) is 6.92 Å². The molecule has 0 fully saturated rings. The van der Waals surface area contributed by atoms with Crippen molar-refractivity contribution in [1.82, 2.24) is 5.32 Å². The zero-order chi connectivity index (χ0) is 9.56. The van der Waals surface area contributed by atoms with E-state index in [1.807, 2.05) is 0 Å². The van der Waals surface area contributed by atoms with Crippen LogP contribution in [0.5, 0.6) is 0 Å². The molecule has 0 radical (unpaired) electrons. The molecule has 0 saturated carbocycles. The molecule has 0 aliphatic carbocycles. The summed E-state index contributed by atoms with van der Waals surface area (Å²) in [6, 6.07) is -0.559. The van der Waals surface area contributed by atoms with Crippen LogP contribution in [0.25, 0.3) is 4.85 Å². The minimum Gasteiger partial charge on any atom is -0.391 e. The van der Waals surface area contributed by atoms with E-state index in [-0.39, 0.29) is 6.54 Å². The van der Waals surface area contributed by atoms with Crippen LogP contribution in [-0.4, -0.2) is 36.8 Å². The van der Waals surface area contributed by atoms with E-state index in [2.05, 4.69) is 10.2 Å². The van der Waals surface area contributed by atoms with Gasteiger partial charge in [-0.1, -0.05) is 0 Å². The van der Waals surface area contributed by atoms with Gasteiger partial charge in [0.05, 0.1) is 12.6 Å². The number of aliphatic hydroxyl groups excluding tert-OH is 1. The molecule has 12 heavy (non-hydrogen) atoms. The van der Waals surface area contributed by atoms with Gasteiger partial charge in [0.2, 0.25) is 6.54 Å². The predicted octanol–water partition coefficient (Wildman–Crippen LogP) is 0.510. The molecular formula is C7H12F2N2O. The third-order valence-electron chi connectivity index (χ3n) is 1.40. The highest BCUT2D eigenvalue weighted by Gasteiger charge is 2.18. The topological polar surface area (TPSA) is 36.6 Å². The van der Waals surface area contributed by atoms with Crippen LogP contribution in [0.2, 0.25) is 0 Å². The van der Waals surface area contributed by atoms with Crippen molar-refractivity contribution in [2.45, 2.75) is 25.5 Å². The maximum Gasteiger partial charge on any atom is 0.250 e. The number of hydrogen-bond acceptors (Lipinski definition) is 2. The first-order chi connectivity index (χ1) is 5.57. The van der Waals surface area contributed by atoms with E-state index in [0.717, 1.165) is 0 Å². The summed E-state index contributed by atoms with van der Waals surface area (Å²) >= 11 is 0. The minimum absolute atomic E-state index is 0.0182. The lowest BCUT2D eigenvalue weighted by atomic mass is 10.2. The molecule has 0 rings (SSSR count). The van der Waals surface area contributed by atoms with E-state index in [9.17, 15) is 8.78 Å². The Hall–Kier alpha value is -0.730. The number of rotatable bonds is 5. The van der Waals surface area contributed by atoms with Crippen molar-refractivity contribution in [2.75, 3.05) is 13.1 Å². The summed E-state index contributed by atoms with van der Waals surface area (Å²) in [6.07, 6.45) is -3.23. The Balaban J connectivity index is 3.73. The van der Waals surface area contributed by atoms with Crippen molar-refractivity contribution in [1.29, 1.82) is 0 Å². The molecular weight excluding hydrogens is 166 g/mol. The Morgan fingerprint density at radius 1 is 1.58 bits per heavy atom. The number of nitrogens with one attached hydrogen (secondary N) is 1. The van der Waals surface area contributed by atoms with Crippen molar-refractivity contribution in [2.24, 2.45) is 0 Å². The molecule has 3 nitrogen and oxygen atoms in total. The minimum atomic E-state index is -2.45. The maximum atomic E-state index is 11.7. The average Bonchev–Trinajstić information content (AvgIpc) is 1.96. The summed E-state index contributed by atoms with van der Waals surface area (Å²) in [5.41, 5.74) is 0. The second kappa shape index (κ2) is 5.86. The molecule has 5 heteroatoms. The molecule has 0 aromatic rings. The SMILES string of the molecule is [C-]#[N+]CC(NCC(F)F)C(C)O. The molecule has 2 atom stereocenters. The summed E-state index contributed by atoms with van der Waals surface area (Å²) in [6.45, 7) is 7.50. The van der Waals surface area contributed by atoms with Crippen molar-refractivity contribution < 1.29 is 13.9 Å². The van der Waals surface area contributed by atoms with Crippen LogP contribution in [0, 0.1) is 6.57 Å². The number of halogens is 2. The van der Waals surface area contributed by atoms with Gasteiger partial charge < -0.3 is 9.95 Å². The number of alkyl halides is 2. The van der Waals surface area contributed by atoms with Gasteiger partial charge in [-0.25, -0.2) is 15.4 Å². The second-order valence-electron chi connectivity index (χ2n) is 2.49. The van der Waals surface area contributed by atoms with Crippen LogP contribution in [0.15, 0.2) is 0 Å². The van der Waals surface area contributed by atoms with Gasteiger partial charge in [0.1, 0.15) is 6.04 Å². The molecule has 2 N–H and O–H groups in total. The highest BCUT2D eigenvalue weighted by Crippen LogP contribution is 1.96. The molecule has 0 amide bonds. The molecule has 70 valence electrons. The van der Waals surface area contributed by atoms with Gasteiger partial charge in [0.25, 0.3) is 6.43 Å². The summed E-state index contributed by atoms with van der Waals surface area (Å²) < 4.78 is 23.4. The fraction of sp³-hybridized carbons (Fsp3) is 0.857. The van der Waals surface area contributed by atoms with Crippen molar-refractivity contribution in [3.05, 3.63) is 11.4 Å². The zero-order valence-corrected chi connectivity index (χ0v) is 6.80. The highest BCUT2D eigenvalue weighted by atomic mass is 19.3. The molecule has 0 aliphatic rings. The normalized spacial score (nSPS) is 15.7. The second-order valence-corrected chi connectivity index (χ2v) is 2.49. The molecule has 0 spiro atoms. The first kappa shape index (κ1) is 11.3. The molecule has 0 aromatic heterocycles. The lowest BCUT2D eigenvalue weighted by Gasteiger charge is -2.15. The summed E-state index contributed by atoms with van der Waals surface area (Å²) in [5, 5.41) is 11.4. The van der Waals surface area contributed by atoms with Gasteiger partial charge in [-0.15, -0.1) is 0 Å². The number of nitrogens with zero attached hydrogens (tertiary/aromatic N) is 1. The average molecular weight is 178 g/mol. The molecule has 0 aliphatic heterocycles. The van der Waals surface area contributed by atoms with Crippen LogP contribution in [0.3, 0.4) is 0 Å². The van der Waals surface area contributed by atoms with Gasteiger partial charge >= 0.3 is 0 Å². The maximum absolute atomic E-state index is 11.7. The number of hydrogen-bond donors (Lipinski definition) is 2. The van der Waals surface area contributed by atoms with E-state index >= 15 is 0 Å². The van der Waals surface area contributed by atoms with E-state index < -0.39 is 25.1 Å². The van der Waals surface area contributed by atoms with Crippen LogP contribution in [0.1, 0.15) is 6.92 Å². The Morgan fingerprint density at radius 3 is 2.50 bits per heavy atom. The molecule has 0 bridgehead atoms. The van der Waals surface area contributed by atoms with Crippen LogP contribution >= 0.6 is 0 Å². The number of aliphatic hydroxyl groups is 1.